The van der Waals surface area contributed by atoms with Crippen molar-refractivity contribution < 1.29 is 18.7 Å². The SMILES string of the molecule is COc1ccc(-c2nnc(SCC(=O)NC3CCCc4ccccc43)o2)cc1OC. The van der Waals surface area contributed by atoms with Gasteiger partial charge in [0.1, 0.15) is 0 Å². The Bertz CT molecular complexity index is 1040. The van der Waals surface area contributed by atoms with E-state index in [0.717, 1.165) is 24.8 Å². The minimum absolute atomic E-state index is 0.0485. The second-order valence-corrected chi connectivity index (χ2v) is 7.87. The molecule has 2 aromatic carbocycles. The van der Waals surface area contributed by atoms with Gasteiger partial charge in [0, 0.05) is 5.56 Å². The molecule has 3 aromatic rings. The third-order valence-electron chi connectivity index (χ3n) is 5.07. The summed E-state index contributed by atoms with van der Waals surface area (Å²) >= 11 is 1.22. The van der Waals surface area contributed by atoms with Crippen LogP contribution in [0.25, 0.3) is 11.5 Å². The Morgan fingerprint density at radius 3 is 2.83 bits per heavy atom. The minimum atomic E-state index is -0.0485. The highest BCUT2D eigenvalue weighted by Gasteiger charge is 2.22. The largest absolute Gasteiger partial charge is 0.493 e. The second-order valence-electron chi connectivity index (χ2n) is 6.94. The van der Waals surface area contributed by atoms with Crippen molar-refractivity contribution in [2.24, 2.45) is 0 Å². The van der Waals surface area contributed by atoms with Crippen LogP contribution in [0.15, 0.2) is 52.1 Å². The number of aryl methyl sites for hydroxylation is 1. The summed E-state index contributed by atoms with van der Waals surface area (Å²) in [6.45, 7) is 0. The number of carbonyl (C=O) groups is 1. The van der Waals surface area contributed by atoms with E-state index >= 15 is 0 Å². The van der Waals surface area contributed by atoms with Crippen LogP contribution in [0, 0.1) is 0 Å². The van der Waals surface area contributed by atoms with Gasteiger partial charge in [-0.25, -0.2) is 0 Å². The first-order valence-corrected chi connectivity index (χ1v) is 10.7. The van der Waals surface area contributed by atoms with Gasteiger partial charge in [0.25, 0.3) is 5.22 Å². The number of rotatable bonds is 7. The van der Waals surface area contributed by atoms with Gasteiger partial charge < -0.3 is 19.2 Å². The first kappa shape index (κ1) is 20.3. The average molecular weight is 426 g/mol. The van der Waals surface area contributed by atoms with Gasteiger partial charge in [0.2, 0.25) is 11.8 Å². The molecule has 1 atom stereocenters. The summed E-state index contributed by atoms with van der Waals surface area (Å²) in [5.74, 6) is 1.73. The lowest BCUT2D eigenvalue weighted by Crippen LogP contribution is -2.32. The molecule has 1 heterocycles. The average Bonchev–Trinajstić information content (AvgIpc) is 3.26. The number of fused-ring (bicyclic) bond motifs is 1. The molecule has 1 aliphatic rings. The fraction of sp³-hybridized carbons (Fsp3) is 0.318. The molecule has 4 rings (SSSR count). The highest BCUT2D eigenvalue weighted by atomic mass is 32.2. The van der Waals surface area contributed by atoms with E-state index in [2.05, 4.69) is 27.6 Å². The highest BCUT2D eigenvalue weighted by Crippen LogP contribution is 2.33. The smallest absolute Gasteiger partial charge is 0.277 e. The fourth-order valence-electron chi connectivity index (χ4n) is 3.62. The number of ether oxygens (including phenoxy) is 2. The fourth-order valence-corrected chi connectivity index (χ4v) is 4.20. The topological polar surface area (TPSA) is 86.5 Å². The molecule has 1 N–H and O–H groups in total. The number of nitrogens with zero attached hydrogens (tertiary/aromatic N) is 2. The molecule has 30 heavy (non-hydrogen) atoms. The maximum Gasteiger partial charge on any atom is 0.277 e. The molecule has 1 unspecified atom stereocenters. The number of aromatic nitrogens is 2. The third kappa shape index (κ3) is 4.43. The van der Waals surface area contributed by atoms with Crippen molar-refractivity contribution in [1.29, 1.82) is 0 Å². The number of hydrogen-bond donors (Lipinski definition) is 1. The van der Waals surface area contributed by atoms with Crippen molar-refractivity contribution >= 4 is 17.7 Å². The molecule has 0 fully saturated rings. The third-order valence-corrected chi connectivity index (χ3v) is 5.89. The van der Waals surface area contributed by atoms with Crippen molar-refractivity contribution in [2.75, 3.05) is 20.0 Å². The molecule has 0 saturated carbocycles. The predicted molar refractivity (Wildman–Crippen MR) is 114 cm³/mol. The van der Waals surface area contributed by atoms with Crippen LogP contribution in [-0.4, -0.2) is 36.1 Å². The number of amides is 1. The van der Waals surface area contributed by atoms with Crippen LogP contribution in [0.2, 0.25) is 0 Å². The summed E-state index contributed by atoms with van der Waals surface area (Å²) in [6, 6.07) is 13.7. The Kier molecular flexibility index (Phi) is 6.23. The lowest BCUT2D eigenvalue weighted by Gasteiger charge is -2.26. The van der Waals surface area contributed by atoms with Crippen LogP contribution >= 0.6 is 11.8 Å². The van der Waals surface area contributed by atoms with E-state index in [4.69, 9.17) is 13.9 Å². The van der Waals surface area contributed by atoms with E-state index in [0.29, 0.717) is 22.6 Å². The number of carbonyl (C=O) groups excluding carboxylic acids is 1. The molecule has 0 aliphatic heterocycles. The summed E-state index contributed by atoms with van der Waals surface area (Å²) in [7, 11) is 3.15. The maximum atomic E-state index is 12.5. The summed E-state index contributed by atoms with van der Waals surface area (Å²) < 4.78 is 16.3. The molecule has 1 amide bonds. The van der Waals surface area contributed by atoms with E-state index in [1.165, 1.54) is 22.9 Å². The predicted octanol–water partition coefficient (Wildman–Crippen LogP) is 4.04. The Balaban J connectivity index is 1.36. The Morgan fingerprint density at radius 1 is 1.17 bits per heavy atom. The first-order valence-electron chi connectivity index (χ1n) is 9.74. The highest BCUT2D eigenvalue weighted by molar-refractivity contribution is 7.99. The molecule has 8 heteroatoms. The van der Waals surface area contributed by atoms with Crippen LogP contribution in [0.5, 0.6) is 11.5 Å². The van der Waals surface area contributed by atoms with E-state index in [1.54, 1.807) is 26.4 Å². The van der Waals surface area contributed by atoms with E-state index < -0.39 is 0 Å². The number of nitrogens with one attached hydrogen (secondary N) is 1. The zero-order chi connectivity index (χ0) is 20.9. The van der Waals surface area contributed by atoms with E-state index in [-0.39, 0.29) is 17.7 Å². The van der Waals surface area contributed by atoms with Crippen LogP contribution in [0.1, 0.15) is 30.0 Å². The van der Waals surface area contributed by atoms with E-state index in [1.807, 2.05) is 18.2 Å². The van der Waals surface area contributed by atoms with Crippen LogP contribution in [-0.2, 0) is 11.2 Å². The van der Waals surface area contributed by atoms with Crippen LogP contribution in [0.4, 0.5) is 0 Å². The van der Waals surface area contributed by atoms with Gasteiger partial charge in [-0.15, -0.1) is 10.2 Å². The number of benzene rings is 2. The van der Waals surface area contributed by atoms with Gasteiger partial charge in [-0.3, -0.25) is 4.79 Å². The Morgan fingerprint density at radius 2 is 2.00 bits per heavy atom. The normalized spacial score (nSPS) is 15.3. The van der Waals surface area contributed by atoms with Crippen LogP contribution in [0.3, 0.4) is 0 Å². The van der Waals surface area contributed by atoms with Crippen molar-refractivity contribution in [2.45, 2.75) is 30.5 Å². The van der Waals surface area contributed by atoms with Gasteiger partial charge in [0.05, 0.1) is 26.0 Å². The molecule has 1 aromatic heterocycles. The molecule has 1 aliphatic carbocycles. The van der Waals surface area contributed by atoms with Crippen molar-refractivity contribution in [3.8, 4) is 23.0 Å². The minimum Gasteiger partial charge on any atom is -0.493 e. The van der Waals surface area contributed by atoms with Gasteiger partial charge >= 0.3 is 0 Å². The summed E-state index contributed by atoms with van der Waals surface area (Å²) in [5, 5.41) is 11.6. The van der Waals surface area contributed by atoms with Gasteiger partial charge in [0.15, 0.2) is 11.5 Å². The summed E-state index contributed by atoms with van der Waals surface area (Å²) in [5.41, 5.74) is 3.25. The maximum absolute atomic E-state index is 12.5. The van der Waals surface area contributed by atoms with Gasteiger partial charge in [-0.2, -0.15) is 0 Å². The standard InChI is InChI=1S/C22H23N3O4S/c1-27-18-11-10-15(12-19(18)28-2)21-24-25-22(29-21)30-13-20(26)23-17-9-5-7-14-6-3-4-8-16(14)17/h3-4,6,8,10-12,17H,5,7,9,13H2,1-2H3,(H,23,26). The zero-order valence-corrected chi connectivity index (χ0v) is 17.7. The molecule has 0 spiro atoms. The zero-order valence-electron chi connectivity index (χ0n) is 16.9. The summed E-state index contributed by atoms with van der Waals surface area (Å²) in [6.07, 6.45) is 3.10. The van der Waals surface area contributed by atoms with Gasteiger partial charge in [-0.1, -0.05) is 36.0 Å². The quantitative estimate of drug-likeness (QED) is 0.572. The molecule has 7 nitrogen and oxygen atoms in total. The van der Waals surface area contributed by atoms with E-state index in [9.17, 15) is 4.79 Å². The number of hydrogen-bond acceptors (Lipinski definition) is 7. The summed E-state index contributed by atoms with van der Waals surface area (Å²) in [4.78, 5) is 12.5. The molecule has 0 bridgehead atoms. The molecular formula is C22H23N3O4S. The molecule has 0 radical (unpaired) electrons. The Hall–Kier alpha value is -3.00. The van der Waals surface area contributed by atoms with Crippen molar-refractivity contribution in [3.63, 3.8) is 0 Å². The van der Waals surface area contributed by atoms with Crippen LogP contribution < -0.4 is 14.8 Å². The molecular weight excluding hydrogens is 402 g/mol. The number of methoxy groups -OCH3 is 2. The first-order chi connectivity index (χ1) is 14.7. The molecule has 156 valence electrons. The van der Waals surface area contributed by atoms with Gasteiger partial charge in [-0.05, 0) is 48.6 Å². The molecule has 0 saturated heterocycles. The monoisotopic (exact) mass is 425 g/mol. The van der Waals surface area contributed by atoms with Crippen molar-refractivity contribution in [3.05, 3.63) is 53.6 Å². The lowest BCUT2D eigenvalue weighted by atomic mass is 9.88. The lowest BCUT2D eigenvalue weighted by molar-refractivity contribution is -0.119. The number of thioether (sulfide) groups is 1. The Labute approximate surface area is 179 Å². The van der Waals surface area contributed by atoms with Crippen molar-refractivity contribution in [1.82, 2.24) is 15.5 Å². The second kappa shape index (κ2) is 9.21.